The van der Waals surface area contributed by atoms with Crippen molar-refractivity contribution in [3.63, 3.8) is 0 Å². The van der Waals surface area contributed by atoms with Crippen LogP contribution < -0.4 is 10.1 Å². The van der Waals surface area contributed by atoms with Gasteiger partial charge in [0.1, 0.15) is 5.75 Å². The van der Waals surface area contributed by atoms with Gasteiger partial charge in [-0.25, -0.2) is 0 Å². The number of methoxy groups -OCH3 is 1. The highest BCUT2D eigenvalue weighted by Crippen LogP contribution is 2.47. The molecule has 2 atom stereocenters. The smallest absolute Gasteiger partial charge is 0.237 e. The summed E-state index contributed by atoms with van der Waals surface area (Å²) in [6.45, 7) is 3.15. The van der Waals surface area contributed by atoms with Gasteiger partial charge in [-0.15, -0.1) is 0 Å². The fourth-order valence-electron chi connectivity index (χ4n) is 4.61. The van der Waals surface area contributed by atoms with Crippen molar-refractivity contribution in [1.82, 2.24) is 10.2 Å². The molecule has 1 saturated carbocycles. The molecule has 1 amide bonds. The van der Waals surface area contributed by atoms with Crippen molar-refractivity contribution in [2.45, 2.75) is 57.6 Å². The molecule has 0 bridgehead atoms. The average molecular weight is 439 g/mol. The van der Waals surface area contributed by atoms with Gasteiger partial charge in [0.05, 0.1) is 25.8 Å². The van der Waals surface area contributed by atoms with Crippen LogP contribution in [-0.2, 0) is 11.2 Å². The first-order valence-corrected chi connectivity index (χ1v) is 10.9. The largest absolute Gasteiger partial charge is 0.496 e. The summed E-state index contributed by atoms with van der Waals surface area (Å²) in [7, 11) is 1.71. The summed E-state index contributed by atoms with van der Waals surface area (Å²) in [4.78, 5) is 15.1. The lowest BCUT2D eigenvalue weighted by molar-refractivity contribution is -0.135. The van der Waals surface area contributed by atoms with Gasteiger partial charge in [0.2, 0.25) is 5.91 Å². The molecule has 6 heteroatoms. The quantitative estimate of drug-likeness (QED) is 0.713. The van der Waals surface area contributed by atoms with Crippen LogP contribution in [0.15, 0.2) is 16.6 Å². The summed E-state index contributed by atoms with van der Waals surface area (Å²) in [5.74, 6) is 1.47. The van der Waals surface area contributed by atoms with E-state index >= 15 is 0 Å². The Balaban J connectivity index is 1.92. The van der Waals surface area contributed by atoms with Crippen LogP contribution in [0.2, 0.25) is 0 Å². The third kappa shape index (κ3) is 4.66. The number of hydrogen-bond donors (Lipinski definition) is 2. The monoisotopic (exact) mass is 438 g/mol. The van der Waals surface area contributed by atoms with E-state index in [2.05, 4.69) is 32.2 Å². The van der Waals surface area contributed by atoms with Gasteiger partial charge in [-0.3, -0.25) is 4.79 Å². The minimum absolute atomic E-state index is 0.0716. The first-order valence-electron chi connectivity index (χ1n) is 10.1. The number of aliphatic hydroxyl groups is 1. The molecule has 150 valence electrons. The maximum atomic E-state index is 13.1. The molecule has 1 aromatic carbocycles. The molecule has 1 unspecified atom stereocenters. The number of carbonyl (C=O) groups excluding carboxylic acids is 1. The highest BCUT2D eigenvalue weighted by atomic mass is 79.9. The third-order valence-electron chi connectivity index (χ3n) is 5.85. The molecule has 1 aromatic rings. The Bertz CT molecular complexity index is 659. The van der Waals surface area contributed by atoms with Gasteiger partial charge in [0.15, 0.2) is 0 Å². The van der Waals surface area contributed by atoms with E-state index in [0.29, 0.717) is 12.5 Å². The van der Waals surface area contributed by atoms with Crippen molar-refractivity contribution in [1.29, 1.82) is 0 Å². The minimum Gasteiger partial charge on any atom is -0.496 e. The predicted molar refractivity (Wildman–Crippen MR) is 110 cm³/mol. The van der Waals surface area contributed by atoms with E-state index in [0.717, 1.165) is 36.0 Å². The molecule has 0 spiro atoms. The normalized spacial score (nSPS) is 21.6. The zero-order chi connectivity index (χ0) is 19.4. The molecule has 2 N–H and O–H groups in total. The van der Waals surface area contributed by atoms with Gasteiger partial charge in [-0.05, 0) is 49.8 Å². The Morgan fingerprint density at radius 1 is 1.37 bits per heavy atom. The highest BCUT2D eigenvalue weighted by Gasteiger charge is 2.39. The summed E-state index contributed by atoms with van der Waals surface area (Å²) < 4.78 is 6.83. The summed E-state index contributed by atoms with van der Waals surface area (Å²) in [5, 5.41) is 12.5. The number of aliphatic hydroxyl groups excluding tert-OH is 1. The Morgan fingerprint density at radius 2 is 2.11 bits per heavy atom. The lowest BCUT2D eigenvalue weighted by Gasteiger charge is -2.44. The summed E-state index contributed by atoms with van der Waals surface area (Å²) in [6.07, 6.45) is 6.44. The number of carbonyl (C=O) groups is 1. The van der Waals surface area contributed by atoms with E-state index in [9.17, 15) is 9.90 Å². The molecule has 0 saturated heterocycles. The number of rotatable bonds is 6. The highest BCUT2D eigenvalue weighted by molar-refractivity contribution is 9.10. The standard InChI is InChI=1S/C21H31BrN2O3/c1-14(25)12-23-13-19(26)24-11-10-16-17(22)8-9-18(27-2)20(16)21(24)15-6-4-3-5-7-15/h8-9,14-15,21,23,25H,3-7,10-13H2,1-2H3/t14-,21?/m1/s1. The Kier molecular flexibility index (Phi) is 7.17. The zero-order valence-electron chi connectivity index (χ0n) is 16.3. The molecule has 1 aliphatic carbocycles. The van der Waals surface area contributed by atoms with Gasteiger partial charge < -0.3 is 20.1 Å². The fourth-order valence-corrected chi connectivity index (χ4v) is 5.15. The molecular formula is C21H31BrN2O3. The average Bonchev–Trinajstić information content (AvgIpc) is 2.68. The van der Waals surface area contributed by atoms with Crippen LogP contribution in [-0.4, -0.2) is 48.8 Å². The number of fused-ring (bicyclic) bond motifs is 1. The van der Waals surface area contributed by atoms with Gasteiger partial charge in [-0.2, -0.15) is 0 Å². The van der Waals surface area contributed by atoms with E-state index in [1.807, 2.05) is 6.07 Å². The summed E-state index contributed by atoms with van der Waals surface area (Å²) in [5.41, 5.74) is 2.47. The fraction of sp³-hybridized carbons (Fsp3) is 0.667. The van der Waals surface area contributed by atoms with Crippen molar-refractivity contribution in [3.05, 3.63) is 27.7 Å². The molecule has 0 aromatic heterocycles. The molecule has 1 fully saturated rings. The maximum absolute atomic E-state index is 13.1. The number of nitrogens with one attached hydrogen (secondary N) is 1. The van der Waals surface area contributed by atoms with E-state index in [-0.39, 0.29) is 18.5 Å². The van der Waals surface area contributed by atoms with E-state index in [4.69, 9.17) is 4.74 Å². The van der Waals surface area contributed by atoms with Crippen LogP contribution in [0.25, 0.3) is 0 Å². The van der Waals surface area contributed by atoms with E-state index in [1.165, 1.54) is 30.4 Å². The summed E-state index contributed by atoms with van der Waals surface area (Å²) >= 11 is 3.71. The van der Waals surface area contributed by atoms with E-state index < -0.39 is 6.10 Å². The third-order valence-corrected chi connectivity index (χ3v) is 6.59. The molecule has 3 rings (SSSR count). The van der Waals surface area contributed by atoms with Gasteiger partial charge in [0.25, 0.3) is 0 Å². The van der Waals surface area contributed by atoms with Crippen molar-refractivity contribution in [2.75, 3.05) is 26.7 Å². The second-order valence-electron chi connectivity index (χ2n) is 7.80. The summed E-state index contributed by atoms with van der Waals surface area (Å²) in [6, 6.07) is 4.14. The van der Waals surface area contributed by atoms with Gasteiger partial charge in [-0.1, -0.05) is 35.2 Å². The predicted octanol–water partition coefficient (Wildman–Crippen LogP) is 3.43. The number of hydrogen-bond acceptors (Lipinski definition) is 4. The Labute approximate surface area is 170 Å². The lowest BCUT2D eigenvalue weighted by Crippen LogP contribution is -2.47. The number of ether oxygens (including phenoxy) is 1. The van der Waals surface area contributed by atoms with Crippen LogP contribution in [0.5, 0.6) is 5.75 Å². The van der Waals surface area contributed by atoms with Crippen molar-refractivity contribution >= 4 is 21.8 Å². The second-order valence-corrected chi connectivity index (χ2v) is 8.66. The Morgan fingerprint density at radius 3 is 2.78 bits per heavy atom. The SMILES string of the molecule is COc1ccc(Br)c2c1C(C1CCCCC1)N(C(=O)CNC[C@@H](C)O)CC2. The van der Waals surface area contributed by atoms with Crippen LogP contribution >= 0.6 is 15.9 Å². The number of amides is 1. The maximum Gasteiger partial charge on any atom is 0.237 e. The van der Waals surface area contributed by atoms with Crippen molar-refractivity contribution in [3.8, 4) is 5.75 Å². The topological polar surface area (TPSA) is 61.8 Å². The minimum atomic E-state index is -0.454. The lowest BCUT2D eigenvalue weighted by atomic mass is 9.77. The van der Waals surface area contributed by atoms with Crippen LogP contribution in [0.1, 0.15) is 56.2 Å². The van der Waals surface area contributed by atoms with Gasteiger partial charge >= 0.3 is 0 Å². The van der Waals surface area contributed by atoms with Crippen LogP contribution in [0, 0.1) is 5.92 Å². The first-order chi connectivity index (χ1) is 13.0. The molecule has 5 nitrogen and oxygen atoms in total. The molecule has 27 heavy (non-hydrogen) atoms. The second kappa shape index (κ2) is 9.39. The van der Waals surface area contributed by atoms with Crippen LogP contribution in [0.4, 0.5) is 0 Å². The molecule has 2 aliphatic rings. The Hall–Kier alpha value is -1.11. The van der Waals surface area contributed by atoms with Crippen LogP contribution in [0.3, 0.4) is 0 Å². The number of nitrogens with zero attached hydrogens (tertiary/aromatic N) is 1. The van der Waals surface area contributed by atoms with Gasteiger partial charge in [0, 0.05) is 23.1 Å². The molecule has 0 radical (unpaired) electrons. The van der Waals surface area contributed by atoms with Crippen molar-refractivity contribution in [2.24, 2.45) is 5.92 Å². The number of halogens is 1. The zero-order valence-corrected chi connectivity index (χ0v) is 17.9. The molecule has 1 heterocycles. The molecular weight excluding hydrogens is 408 g/mol. The van der Waals surface area contributed by atoms with E-state index in [1.54, 1.807) is 14.0 Å². The number of benzene rings is 1. The molecule has 1 aliphatic heterocycles. The van der Waals surface area contributed by atoms with Crippen molar-refractivity contribution < 1.29 is 14.6 Å². The first kappa shape index (κ1) is 20.6.